The first-order valence-electron chi connectivity index (χ1n) is 5.97. The van der Waals surface area contributed by atoms with Crippen molar-refractivity contribution in [3.05, 3.63) is 59.7 Å². The summed E-state index contributed by atoms with van der Waals surface area (Å²) >= 11 is 0. The topological polar surface area (TPSA) is 52.0 Å². The standard InChI is InChI=1S/C16H18N2.ClH/c1-11(13-3-7-15(17)8-4-13)12(2)14-5-9-16(18)10-6-14;/h3-10H,17-18H2,1-2H3;1H/b12-11-;. The Morgan fingerprint density at radius 1 is 0.632 bits per heavy atom. The molecular formula is C16H19ClN2. The highest BCUT2D eigenvalue weighted by atomic mass is 35.5. The monoisotopic (exact) mass is 274 g/mol. The van der Waals surface area contributed by atoms with Gasteiger partial charge in [-0.05, 0) is 60.4 Å². The highest BCUT2D eigenvalue weighted by Gasteiger charge is 2.03. The third-order valence-corrected chi connectivity index (χ3v) is 3.25. The van der Waals surface area contributed by atoms with Gasteiger partial charge < -0.3 is 11.5 Å². The maximum atomic E-state index is 5.70. The molecule has 0 spiro atoms. The lowest BCUT2D eigenvalue weighted by molar-refractivity contribution is 1.51. The van der Waals surface area contributed by atoms with Crippen LogP contribution in [0.3, 0.4) is 0 Å². The molecule has 2 rings (SSSR count). The Morgan fingerprint density at radius 2 is 0.895 bits per heavy atom. The maximum absolute atomic E-state index is 5.70. The van der Waals surface area contributed by atoms with E-state index < -0.39 is 0 Å². The van der Waals surface area contributed by atoms with Gasteiger partial charge in [0.25, 0.3) is 0 Å². The Labute approximate surface area is 120 Å². The van der Waals surface area contributed by atoms with Gasteiger partial charge in [-0.3, -0.25) is 0 Å². The molecule has 0 saturated carbocycles. The molecule has 2 aromatic carbocycles. The second kappa shape index (κ2) is 6.30. The van der Waals surface area contributed by atoms with E-state index in [1.165, 1.54) is 22.3 Å². The molecule has 2 nitrogen and oxygen atoms in total. The molecule has 3 heteroatoms. The smallest absolute Gasteiger partial charge is 0.0314 e. The Hall–Kier alpha value is -1.93. The van der Waals surface area contributed by atoms with Crippen LogP contribution in [0.1, 0.15) is 25.0 Å². The molecule has 4 N–H and O–H groups in total. The van der Waals surface area contributed by atoms with Crippen molar-refractivity contribution in [2.45, 2.75) is 13.8 Å². The van der Waals surface area contributed by atoms with E-state index in [1.807, 2.05) is 48.5 Å². The number of benzene rings is 2. The molecule has 0 atom stereocenters. The summed E-state index contributed by atoms with van der Waals surface area (Å²) in [5.74, 6) is 0. The van der Waals surface area contributed by atoms with E-state index in [0.29, 0.717) is 0 Å². The molecule has 0 saturated heterocycles. The number of hydrogen-bond acceptors (Lipinski definition) is 2. The van der Waals surface area contributed by atoms with Crippen molar-refractivity contribution in [2.75, 3.05) is 11.5 Å². The van der Waals surface area contributed by atoms with Crippen molar-refractivity contribution in [1.82, 2.24) is 0 Å². The van der Waals surface area contributed by atoms with Gasteiger partial charge in [-0.15, -0.1) is 12.4 Å². The molecular weight excluding hydrogens is 256 g/mol. The fourth-order valence-electron chi connectivity index (χ4n) is 1.90. The third-order valence-electron chi connectivity index (χ3n) is 3.25. The van der Waals surface area contributed by atoms with Crippen LogP contribution in [0.15, 0.2) is 48.5 Å². The van der Waals surface area contributed by atoms with Crippen LogP contribution < -0.4 is 11.5 Å². The quantitative estimate of drug-likeness (QED) is 0.636. The summed E-state index contributed by atoms with van der Waals surface area (Å²) in [5.41, 5.74) is 17.9. The average molecular weight is 275 g/mol. The molecule has 0 bridgehead atoms. The van der Waals surface area contributed by atoms with Crippen molar-refractivity contribution in [1.29, 1.82) is 0 Å². The first-order valence-corrected chi connectivity index (χ1v) is 5.97. The molecule has 0 aliphatic rings. The molecule has 0 aliphatic heterocycles. The normalized spacial score (nSPS) is 11.5. The number of allylic oxidation sites excluding steroid dienone is 2. The van der Waals surface area contributed by atoms with E-state index >= 15 is 0 Å². The minimum Gasteiger partial charge on any atom is -0.399 e. The summed E-state index contributed by atoms with van der Waals surface area (Å²) in [6.07, 6.45) is 0. The van der Waals surface area contributed by atoms with Gasteiger partial charge in [-0.1, -0.05) is 24.3 Å². The zero-order valence-corrected chi connectivity index (χ0v) is 12.0. The molecule has 0 aromatic heterocycles. The molecule has 19 heavy (non-hydrogen) atoms. The van der Waals surface area contributed by atoms with Crippen LogP contribution >= 0.6 is 12.4 Å². The van der Waals surface area contributed by atoms with Crippen LogP contribution in [0.5, 0.6) is 0 Å². The largest absolute Gasteiger partial charge is 0.399 e. The molecule has 0 unspecified atom stereocenters. The van der Waals surface area contributed by atoms with Gasteiger partial charge >= 0.3 is 0 Å². The Kier molecular flexibility index (Phi) is 5.02. The number of halogens is 1. The molecule has 2 aromatic rings. The van der Waals surface area contributed by atoms with Gasteiger partial charge in [0.1, 0.15) is 0 Å². The number of hydrogen-bond donors (Lipinski definition) is 2. The molecule has 0 aliphatic carbocycles. The predicted octanol–water partition coefficient (Wildman–Crippen LogP) is 4.22. The fraction of sp³-hybridized carbons (Fsp3) is 0.125. The summed E-state index contributed by atoms with van der Waals surface area (Å²) in [5, 5.41) is 0. The van der Waals surface area contributed by atoms with Crippen LogP contribution in [-0.2, 0) is 0 Å². The first kappa shape index (κ1) is 15.1. The molecule has 0 heterocycles. The van der Waals surface area contributed by atoms with Gasteiger partial charge in [0, 0.05) is 11.4 Å². The number of nitrogen functional groups attached to an aromatic ring is 2. The van der Waals surface area contributed by atoms with Crippen LogP contribution in [-0.4, -0.2) is 0 Å². The summed E-state index contributed by atoms with van der Waals surface area (Å²) in [6.45, 7) is 4.24. The van der Waals surface area contributed by atoms with Crippen LogP contribution in [0.25, 0.3) is 11.1 Å². The SMILES string of the molecule is C/C(=C(\C)c1ccc(N)cc1)c1ccc(N)cc1.Cl. The number of anilines is 2. The van der Waals surface area contributed by atoms with Crippen LogP contribution in [0.4, 0.5) is 11.4 Å². The van der Waals surface area contributed by atoms with Gasteiger partial charge in [0.15, 0.2) is 0 Å². The van der Waals surface area contributed by atoms with E-state index in [0.717, 1.165) is 11.4 Å². The number of nitrogens with two attached hydrogens (primary N) is 2. The molecule has 100 valence electrons. The second-order valence-corrected chi connectivity index (χ2v) is 4.49. The van der Waals surface area contributed by atoms with Gasteiger partial charge in [-0.25, -0.2) is 0 Å². The van der Waals surface area contributed by atoms with E-state index in [1.54, 1.807) is 0 Å². The van der Waals surface area contributed by atoms with E-state index in [-0.39, 0.29) is 12.4 Å². The first-order chi connectivity index (χ1) is 8.58. The lowest BCUT2D eigenvalue weighted by Crippen LogP contribution is -1.89. The minimum absolute atomic E-state index is 0. The van der Waals surface area contributed by atoms with E-state index in [4.69, 9.17) is 11.5 Å². The van der Waals surface area contributed by atoms with Crippen molar-refractivity contribution in [3.63, 3.8) is 0 Å². The zero-order chi connectivity index (χ0) is 13.1. The van der Waals surface area contributed by atoms with Gasteiger partial charge in [0.2, 0.25) is 0 Å². The van der Waals surface area contributed by atoms with Crippen LogP contribution in [0.2, 0.25) is 0 Å². The van der Waals surface area contributed by atoms with Crippen molar-refractivity contribution < 1.29 is 0 Å². The Morgan fingerprint density at radius 3 is 1.16 bits per heavy atom. The summed E-state index contributed by atoms with van der Waals surface area (Å²) in [7, 11) is 0. The predicted molar refractivity (Wildman–Crippen MR) is 87.1 cm³/mol. The average Bonchev–Trinajstić information content (AvgIpc) is 2.39. The van der Waals surface area contributed by atoms with E-state index in [2.05, 4.69) is 13.8 Å². The van der Waals surface area contributed by atoms with E-state index in [9.17, 15) is 0 Å². The molecule has 0 radical (unpaired) electrons. The summed E-state index contributed by atoms with van der Waals surface area (Å²) < 4.78 is 0. The van der Waals surface area contributed by atoms with Crippen molar-refractivity contribution >= 4 is 34.9 Å². The zero-order valence-electron chi connectivity index (χ0n) is 11.2. The Bertz CT molecular complexity index is 515. The summed E-state index contributed by atoms with van der Waals surface area (Å²) in [4.78, 5) is 0. The van der Waals surface area contributed by atoms with Gasteiger partial charge in [0.05, 0.1) is 0 Å². The fourth-order valence-corrected chi connectivity index (χ4v) is 1.90. The lowest BCUT2D eigenvalue weighted by atomic mass is 9.97. The second-order valence-electron chi connectivity index (χ2n) is 4.49. The Balaban J connectivity index is 0.00000180. The van der Waals surface area contributed by atoms with Crippen molar-refractivity contribution in [3.8, 4) is 0 Å². The van der Waals surface area contributed by atoms with Crippen LogP contribution in [0, 0.1) is 0 Å². The highest BCUT2D eigenvalue weighted by molar-refractivity contribution is 5.89. The lowest BCUT2D eigenvalue weighted by Gasteiger charge is -2.09. The highest BCUT2D eigenvalue weighted by Crippen LogP contribution is 2.26. The van der Waals surface area contributed by atoms with Gasteiger partial charge in [-0.2, -0.15) is 0 Å². The number of rotatable bonds is 2. The third kappa shape index (κ3) is 3.52. The summed E-state index contributed by atoms with van der Waals surface area (Å²) in [6, 6.07) is 15.9. The minimum atomic E-state index is 0. The molecule has 0 fully saturated rings. The molecule has 0 amide bonds. The maximum Gasteiger partial charge on any atom is 0.0314 e. The van der Waals surface area contributed by atoms with Crippen molar-refractivity contribution in [2.24, 2.45) is 0 Å².